The molecule has 1 amide bonds. The van der Waals surface area contributed by atoms with Crippen LogP contribution in [0, 0.1) is 5.92 Å². The van der Waals surface area contributed by atoms with Crippen molar-refractivity contribution >= 4 is 19.9 Å². The van der Waals surface area contributed by atoms with Gasteiger partial charge in [0.2, 0.25) is 5.91 Å². The third-order valence-electron chi connectivity index (χ3n) is 7.18. The molecule has 1 aromatic rings. The van der Waals surface area contributed by atoms with Crippen molar-refractivity contribution in [1.29, 1.82) is 0 Å². The third-order valence-corrected chi connectivity index (χ3v) is 12.6. The Morgan fingerprint density at radius 2 is 1.87 bits per heavy atom. The highest BCUT2D eigenvalue weighted by Crippen LogP contribution is 2.34. The van der Waals surface area contributed by atoms with Crippen LogP contribution in [-0.2, 0) is 15.6 Å². The number of nitrogens with zero attached hydrogens (tertiary/aromatic N) is 1. The largest absolute Gasteiger partial charge is 0.490 e. The lowest BCUT2D eigenvalue weighted by Gasteiger charge is -2.39. The van der Waals surface area contributed by atoms with E-state index >= 15 is 0 Å². The number of ether oxygens (including phenoxy) is 1. The molecular weight excluding hydrogens is 404 g/mol. The van der Waals surface area contributed by atoms with Gasteiger partial charge in [-0.2, -0.15) is 0 Å². The summed E-state index contributed by atoms with van der Waals surface area (Å²) < 4.78 is 13.0. The van der Waals surface area contributed by atoms with Crippen LogP contribution in [0.15, 0.2) is 18.2 Å². The first-order valence-electron chi connectivity index (χ1n) is 12.0. The van der Waals surface area contributed by atoms with Gasteiger partial charge in [0.15, 0.2) is 8.32 Å². The van der Waals surface area contributed by atoms with E-state index in [0.717, 1.165) is 24.2 Å². The van der Waals surface area contributed by atoms with Crippen LogP contribution in [0.25, 0.3) is 0 Å². The summed E-state index contributed by atoms with van der Waals surface area (Å²) in [5.41, 5.74) is 8.62. The van der Waals surface area contributed by atoms with E-state index in [2.05, 4.69) is 55.0 Å². The Balaban J connectivity index is 2.28. The van der Waals surface area contributed by atoms with Crippen LogP contribution in [0.4, 0.5) is 5.69 Å². The molecule has 3 atom stereocenters. The maximum atomic E-state index is 13.4. The fourth-order valence-electron chi connectivity index (χ4n) is 4.37. The first-order chi connectivity index (χ1) is 14.5. The van der Waals surface area contributed by atoms with E-state index in [-0.39, 0.29) is 24.0 Å². The molecule has 2 rings (SSSR count). The molecule has 0 aliphatic carbocycles. The van der Waals surface area contributed by atoms with Gasteiger partial charge < -0.3 is 19.8 Å². The number of nitrogen functional groups attached to an aromatic ring is 1. The van der Waals surface area contributed by atoms with E-state index in [0.29, 0.717) is 36.3 Å². The molecule has 0 saturated carbocycles. The second kappa shape index (κ2) is 10.9. The third kappa shape index (κ3) is 6.25. The number of carbonyl (C=O) groups excluding carboxylic acids is 1. The van der Waals surface area contributed by atoms with Crippen LogP contribution in [-0.4, -0.2) is 44.4 Å². The molecule has 2 N–H and O–H groups in total. The molecule has 0 fully saturated rings. The smallest absolute Gasteiger partial charge is 0.227 e. The second-order valence-corrected chi connectivity index (χ2v) is 15.1. The normalized spacial score (nSPS) is 21.4. The number of carbonyl (C=O) groups is 1. The topological polar surface area (TPSA) is 64.8 Å². The molecular formula is C25H44N2O3Si. The lowest BCUT2D eigenvalue weighted by Crippen LogP contribution is -2.49. The molecule has 0 saturated heterocycles. The lowest BCUT2D eigenvalue weighted by molar-refractivity contribution is -0.134. The summed E-state index contributed by atoms with van der Waals surface area (Å²) in [6.45, 7) is 19.1. The minimum Gasteiger partial charge on any atom is -0.490 e. The number of fused-ring (bicyclic) bond motifs is 1. The van der Waals surface area contributed by atoms with Crippen molar-refractivity contribution in [2.24, 2.45) is 5.92 Å². The molecule has 1 heterocycles. The van der Waals surface area contributed by atoms with Gasteiger partial charge in [0.1, 0.15) is 11.9 Å². The van der Waals surface area contributed by atoms with E-state index < -0.39 is 8.32 Å². The zero-order valence-electron chi connectivity index (χ0n) is 20.9. The van der Waals surface area contributed by atoms with E-state index in [9.17, 15) is 4.79 Å². The zero-order chi connectivity index (χ0) is 23.3. The Morgan fingerprint density at radius 1 is 1.23 bits per heavy atom. The minimum atomic E-state index is -1.87. The summed E-state index contributed by atoms with van der Waals surface area (Å²) in [5, 5.41) is 0. The van der Waals surface area contributed by atoms with Gasteiger partial charge >= 0.3 is 0 Å². The summed E-state index contributed by atoms with van der Waals surface area (Å²) in [6.07, 6.45) is 2.38. The summed E-state index contributed by atoms with van der Waals surface area (Å²) in [5.74, 6) is 1.14. The molecule has 0 aromatic heterocycles. The number of amides is 1. The van der Waals surface area contributed by atoms with Crippen molar-refractivity contribution in [2.75, 3.05) is 18.9 Å². The maximum Gasteiger partial charge on any atom is 0.227 e. The molecule has 5 nitrogen and oxygen atoms in total. The van der Waals surface area contributed by atoms with Crippen LogP contribution in [0.2, 0.25) is 17.6 Å². The number of benzene rings is 1. The van der Waals surface area contributed by atoms with Crippen molar-refractivity contribution in [3.63, 3.8) is 0 Å². The Morgan fingerprint density at radius 3 is 2.45 bits per heavy atom. The average Bonchev–Trinajstić information content (AvgIpc) is 2.74. The molecule has 0 radical (unpaired) electrons. The zero-order valence-corrected chi connectivity index (χ0v) is 21.9. The summed E-state index contributed by atoms with van der Waals surface area (Å²) in [4.78, 5) is 15.4. The Hall–Kier alpha value is -1.53. The number of hydrogen-bond donors (Lipinski definition) is 1. The monoisotopic (exact) mass is 448 g/mol. The Kier molecular flexibility index (Phi) is 9.01. The summed E-state index contributed by atoms with van der Waals surface area (Å²) >= 11 is 0. The van der Waals surface area contributed by atoms with Crippen LogP contribution >= 0.6 is 0 Å². The van der Waals surface area contributed by atoms with Gasteiger partial charge in [-0.15, -0.1) is 0 Å². The molecule has 3 unspecified atom stereocenters. The number of nitrogens with two attached hydrogens (primary N) is 1. The first kappa shape index (κ1) is 25.7. The van der Waals surface area contributed by atoms with Crippen LogP contribution in [0.5, 0.6) is 5.75 Å². The van der Waals surface area contributed by atoms with Gasteiger partial charge in [0, 0.05) is 23.7 Å². The van der Waals surface area contributed by atoms with Crippen LogP contribution in [0.3, 0.4) is 0 Å². The molecule has 6 heteroatoms. The number of rotatable bonds is 8. The van der Waals surface area contributed by atoms with Gasteiger partial charge in [-0.05, 0) is 49.2 Å². The van der Waals surface area contributed by atoms with Gasteiger partial charge in [-0.1, -0.05) is 48.0 Å². The van der Waals surface area contributed by atoms with Crippen LogP contribution in [0.1, 0.15) is 66.9 Å². The predicted octanol–water partition coefficient (Wildman–Crippen LogP) is 5.64. The van der Waals surface area contributed by atoms with E-state index in [1.54, 1.807) is 0 Å². The predicted molar refractivity (Wildman–Crippen MR) is 132 cm³/mol. The van der Waals surface area contributed by atoms with Crippen LogP contribution < -0.4 is 10.5 Å². The Labute approximate surface area is 190 Å². The molecule has 1 aliphatic rings. The van der Waals surface area contributed by atoms with Crippen molar-refractivity contribution in [2.45, 2.75) is 97.5 Å². The van der Waals surface area contributed by atoms with Gasteiger partial charge in [0.25, 0.3) is 0 Å². The SMILES string of the molecule is CCCC1Oc2ccc(N)cc2CC(=O)N(C(C)CO[Si](C)(C(C)C)C(C)C)CC1C. The van der Waals surface area contributed by atoms with E-state index in [1.165, 1.54) is 0 Å². The Bertz CT molecular complexity index is 729. The maximum absolute atomic E-state index is 13.4. The quantitative estimate of drug-likeness (QED) is 0.413. The number of anilines is 1. The minimum absolute atomic E-state index is 0.0177. The fraction of sp³-hybridized carbons (Fsp3) is 0.720. The highest BCUT2D eigenvalue weighted by molar-refractivity contribution is 6.75. The second-order valence-electron chi connectivity index (χ2n) is 10.2. The number of hydrogen-bond acceptors (Lipinski definition) is 4. The first-order valence-corrected chi connectivity index (χ1v) is 14.5. The summed E-state index contributed by atoms with van der Waals surface area (Å²) in [7, 11) is -1.87. The fourth-order valence-corrected chi connectivity index (χ4v) is 6.97. The molecule has 0 bridgehead atoms. The van der Waals surface area contributed by atoms with Crippen molar-refractivity contribution < 1.29 is 14.0 Å². The summed E-state index contributed by atoms with van der Waals surface area (Å²) in [6, 6.07) is 5.67. The molecule has 1 aliphatic heterocycles. The van der Waals surface area contributed by atoms with Crippen molar-refractivity contribution in [3.8, 4) is 5.75 Å². The molecule has 176 valence electrons. The van der Waals surface area contributed by atoms with Gasteiger partial charge in [0.05, 0.1) is 19.1 Å². The van der Waals surface area contributed by atoms with Gasteiger partial charge in [-0.25, -0.2) is 0 Å². The molecule has 31 heavy (non-hydrogen) atoms. The van der Waals surface area contributed by atoms with E-state index in [4.69, 9.17) is 14.9 Å². The highest BCUT2D eigenvalue weighted by Gasteiger charge is 2.38. The average molecular weight is 449 g/mol. The van der Waals surface area contributed by atoms with Gasteiger partial charge in [-0.3, -0.25) is 4.79 Å². The van der Waals surface area contributed by atoms with E-state index in [1.807, 2.05) is 23.1 Å². The van der Waals surface area contributed by atoms with Crippen molar-refractivity contribution in [3.05, 3.63) is 23.8 Å². The lowest BCUT2D eigenvalue weighted by atomic mass is 9.99. The molecule has 0 spiro atoms. The highest BCUT2D eigenvalue weighted by atomic mass is 28.4. The molecule has 1 aromatic carbocycles. The standard InChI is InChI=1S/C25H44N2O3Si/c1-9-10-23-19(6)15-27(20(7)16-29-31(8,17(2)3)18(4)5)25(28)14-21-13-22(26)11-12-24(21)30-23/h11-13,17-20,23H,9-10,14-16,26H2,1-8H3. The van der Waals surface area contributed by atoms with Crippen molar-refractivity contribution in [1.82, 2.24) is 4.90 Å².